The van der Waals surface area contributed by atoms with Crippen molar-refractivity contribution in [3.05, 3.63) is 35.4 Å². The van der Waals surface area contributed by atoms with Crippen LogP contribution in [0.1, 0.15) is 5.56 Å². The van der Waals surface area contributed by atoms with Gasteiger partial charge in [-0.1, -0.05) is 12.1 Å². The fourth-order valence-corrected chi connectivity index (χ4v) is 2.11. The second-order valence-electron chi connectivity index (χ2n) is 5.01. The summed E-state index contributed by atoms with van der Waals surface area (Å²) in [6.07, 6.45) is 1.40. The number of ether oxygens (including phenoxy) is 3. The first-order valence-corrected chi connectivity index (χ1v) is 7.42. The second kappa shape index (κ2) is 8.70. The monoisotopic (exact) mass is 330 g/mol. The predicted octanol–water partition coefficient (Wildman–Crippen LogP) is 1.00. The molecule has 7 nitrogen and oxygen atoms in total. The molecule has 24 heavy (non-hydrogen) atoms. The van der Waals surface area contributed by atoms with Crippen LogP contribution in [0.25, 0.3) is 6.08 Å². The summed E-state index contributed by atoms with van der Waals surface area (Å²) in [7, 11) is 1.55. The van der Waals surface area contributed by atoms with Crippen molar-refractivity contribution >= 4 is 18.0 Å². The summed E-state index contributed by atoms with van der Waals surface area (Å²) in [6, 6.07) is 8.65. The number of nitrogens with zero attached hydrogens (tertiary/aromatic N) is 2. The molecule has 1 heterocycles. The predicted molar refractivity (Wildman–Crippen MR) is 84.9 cm³/mol. The zero-order chi connectivity index (χ0) is 17.4. The van der Waals surface area contributed by atoms with Crippen molar-refractivity contribution in [1.82, 2.24) is 4.90 Å². The highest BCUT2D eigenvalue weighted by Gasteiger charge is 2.19. The molecule has 0 unspecified atom stereocenters. The molecule has 1 aromatic rings. The molecule has 1 saturated heterocycles. The van der Waals surface area contributed by atoms with Crippen LogP contribution in [-0.4, -0.2) is 56.8 Å². The lowest BCUT2D eigenvalue weighted by atomic mass is 10.1. The molecule has 1 amide bonds. The van der Waals surface area contributed by atoms with E-state index in [1.165, 1.54) is 6.08 Å². The van der Waals surface area contributed by atoms with Gasteiger partial charge in [0.05, 0.1) is 20.3 Å². The lowest BCUT2D eigenvalue weighted by molar-refractivity contribution is -0.150. The first-order valence-electron chi connectivity index (χ1n) is 7.42. The lowest BCUT2D eigenvalue weighted by Crippen LogP contribution is -2.42. The average molecular weight is 330 g/mol. The number of hydrogen-bond acceptors (Lipinski definition) is 6. The van der Waals surface area contributed by atoms with Gasteiger partial charge in [-0.05, 0) is 23.8 Å². The molecule has 0 spiro atoms. The molecule has 0 radical (unpaired) electrons. The van der Waals surface area contributed by atoms with Crippen LogP contribution in [0.3, 0.4) is 0 Å². The summed E-state index contributed by atoms with van der Waals surface area (Å²) in [6.45, 7) is 1.51. The van der Waals surface area contributed by atoms with Gasteiger partial charge < -0.3 is 19.1 Å². The number of carbonyl (C=O) groups excluding carboxylic acids is 2. The third-order valence-corrected chi connectivity index (χ3v) is 3.46. The first kappa shape index (κ1) is 17.5. The van der Waals surface area contributed by atoms with Crippen LogP contribution in [0, 0.1) is 11.3 Å². The Morgan fingerprint density at radius 2 is 1.96 bits per heavy atom. The number of benzene rings is 1. The van der Waals surface area contributed by atoms with E-state index in [1.54, 1.807) is 42.3 Å². The van der Waals surface area contributed by atoms with E-state index in [-0.39, 0.29) is 18.1 Å². The summed E-state index contributed by atoms with van der Waals surface area (Å²) in [5.74, 6) is -0.451. The summed E-state index contributed by atoms with van der Waals surface area (Å²) in [5, 5.41) is 9.12. The highest BCUT2D eigenvalue weighted by atomic mass is 16.5. The minimum Gasteiger partial charge on any atom is -0.497 e. The van der Waals surface area contributed by atoms with E-state index in [1.807, 2.05) is 0 Å². The number of rotatable bonds is 5. The molecule has 1 aliphatic heterocycles. The van der Waals surface area contributed by atoms with E-state index in [4.69, 9.17) is 19.5 Å². The van der Waals surface area contributed by atoms with Gasteiger partial charge in [0.2, 0.25) is 0 Å². The highest BCUT2D eigenvalue weighted by Crippen LogP contribution is 2.14. The van der Waals surface area contributed by atoms with Crippen LogP contribution >= 0.6 is 0 Å². The third kappa shape index (κ3) is 4.83. The van der Waals surface area contributed by atoms with E-state index in [2.05, 4.69) is 0 Å². The molecule has 2 rings (SSSR count). The topological polar surface area (TPSA) is 88.9 Å². The second-order valence-corrected chi connectivity index (χ2v) is 5.01. The van der Waals surface area contributed by atoms with Crippen molar-refractivity contribution < 1.29 is 23.8 Å². The molecule has 0 atom stereocenters. The summed E-state index contributed by atoms with van der Waals surface area (Å²) in [5.41, 5.74) is 0.485. The van der Waals surface area contributed by atoms with Gasteiger partial charge in [-0.25, -0.2) is 4.79 Å². The van der Waals surface area contributed by atoms with Gasteiger partial charge in [0.15, 0.2) is 6.61 Å². The minimum absolute atomic E-state index is 0.171. The SMILES string of the molecule is COc1ccc(C=C(C#N)C(=O)OCC(=O)N2CCOCC2)cc1. The van der Waals surface area contributed by atoms with Crippen molar-refractivity contribution in [3.8, 4) is 11.8 Å². The molecule has 0 aromatic heterocycles. The van der Waals surface area contributed by atoms with Crippen molar-refractivity contribution in [2.75, 3.05) is 40.0 Å². The maximum Gasteiger partial charge on any atom is 0.349 e. The summed E-state index contributed by atoms with van der Waals surface area (Å²) >= 11 is 0. The molecular weight excluding hydrogens is 312 g/mol. The van der Waals surface area contributed by atoms with Crippen LogP contribution in [0.2, 0.25) is 0 Å². The minimum atomic E-state index is -0.824. The maximum atomic E-state index is 12.0. The van der Waals surface area contributed by atoms with E-state index in [0.29, 0.717) is 37.6 Å². The van der Waals surface area contributed by atoms with Crippen LogP contribution in [-0.2, 0) is 19.1 Å². The molecule has 1 fully saturated rings. The quantitative estimate of drug-likeness (QED) is 0.455. The molecule has 1 aliphatic rings. The third-order valence-electron chi connectivity index (χ3n) is 3.46. The highest BCUT2D eigenvalue weighted by molar-refractivity contribution is 5.98. The van der Waals surface area contributed by atoms with E-state index >= 15 is 0 Å². The van der Waals surface area contributed by atoms with E-state index in [9.17, 15) is 9.59 Å². The Balaban J connectivity index is 1.94. The number of nitriles is 1. The molecule has 7 heteroatoms. The number of morpholine rings is 1. The number of amides is 1. The smallest absolute Gasteiger partial charge is 0.349 e. The summed E-state index contributed by atoms with van der Waals surface area (Å²) in [4.78, 5) is 25.4. The van der Waals surface area contributed by atoms with Gasteiger partial charge in [-0.3, -0.25) is 4.79 Å². The summed E-state index contributed by atoms with van der Waals surface area (Å²) < 4.78 is 15.1. The fourth-order valence-electron chi connectivity index (χ4n) is 2.11. The van der Waals surface area contributed by atoms with Crippen LogP contribution in [0.4, 0.5) is 0 Å². The van der Waals surface area contributed by atoms with Crippen molar-refractivity contribution in [2.45, 2.75) is 0 Å². The van der Waals surface area contributed by atoms with E-state index in [0.717, 1.165) is 0 Å². The molecule has 1 aromatic carbocycles. The molecule has 0 N–H and O–H groups in total. The lowest BCUT2D eigenvalue weighted by Gasteiger charge is -2.26. The van der Waals surface area contributed by atoms with Gasteiger partial charge in [0, 0.05) is 13.1 Å². The normalized spacial score (nSPS) is 14.7. The van der Waals surface area contributed by atoms with Crippen LogP contribution < -0.4 is 4.74 Å². The van der Waals surface area contributed by atoms with Crippen molar-refractivity contribution in [1.29, 1.82) is 5.26 Å². The van der Waals surface area contributed by atoms with Gasteiger partial charge in [0.1, 0.15) is 17.4 Å². The Hall–Kier alpha value is -2.85. The Morgan fingerprint density at radius 1 is 1.29 bits per heavy atom. The zero-order valence-electron chi connectivity index (χ0n) is 13.4. The Labute approximate surface area is 140 Å². The van der Waals surface area contributed by atoms with Gasteiger partial charge in [-0.15, -0.1) is 0 Å². The first-order chi connectivity index (χ1) is 11.6. The van der Waals surface area contributed by atoms with Crippen molar-refractivity contribution in [2.24, 2.45) is 0 Å². The van der Waals surface area contributed by atoms with Crippen LogP contribution in [0.15, 0.2) is 29.8 Å². The van der Waals surface area contributed by atoms with E-state index < -0.39 is 5.97 Å². The number of methoxy groups -OCH3 is 1. The maximum absolute atomic E-state index is 12.0. The molecular formula is C17H18N2O5. The largest absolute Gasteiger partial charge is 0.497 e. The van der Waals surface area contributed by atoms with Gasteiger partial charge >= 0.3 is 5.97 Å². The number of carbonyl (C=O) groups is 2. The van der Waals surface area contributed by atoms with Crippen LogP contribution in [0.5, 0.6) is 5.75 Å². The standard InChI is InChI=1S/C17H18N2O5/c1-22-15-4-2-13(3-5-15)10-14(11-18)17(21)24-12-16(20)19-6-8-23-9-7-19/h2-5,10H,6-9,12H2,1H3. The van der Waals surface area contributed by atoms with Gasteiger partial charge in [0.25, 0.3) is 5.91 Å². The molecule has 0 saturated carbocycles. The average Bonchev–Trinajstić information content (AvgIpc) is 2.65. The Morgan fingerprint density at radius 3 is 2.54 bits per heavy atom. The van der Waals surface area contributed by atoms with Gasteiger partial charge in [-0.2, -0.15) is 5.26 Å². The fraction of sp³-hybridized carbons (Fsp3) is 0.353. The molecule has 0 bridgehead atoms. The number of esters is 1. The number of hydrogen-bond donors (Lipinski definition) is 0. The zero-order valence-corrected chi connectivity index (χ0v) is 13.4. The Kier molecular flexibility index (Phi) is 6.34. The molecule has 126 valence electrons. The molecule has 0 aliphatic carbocycles. The Bertz CT molecular complexity index is 655. The van der Waals surface area contributed by atoms with Crippen molar-refractivity contribution in [3.63, 3.8) is 0 Å².